The zero-order valence-electron chi connectivity index (χ0n) is 15.4. The molecule has 2 aromatic heterocycles. The van der Waals surface area contributed by atoms with Crippen LogP contribution in [0.15, 0.2) is 65.8 Å². The van der Waals surface area contributed by atoms with Crippen molar-refractivity contribution in [3.63, 3.8) is 0 Å². The van der Waals surface area contributed by atoms with Gasteiger partial charge >= 0.3 is 0 Å². The second-order valence-electron chi connectivity index (χ2n) is 6.20. The van der Waals surface area contributed by atoms with Crippen molar-refractivity contribution in [3.05, 3.63) is 82.0 Å². The summed E-state index contributed by atoms with van der Waals surface area (Å²) in [7, 11) is 0. The van der Waals surface area contributed by atoms with Crippen LogP contribution in [0.2, 0.25) is 5.15 Å². The van der Waals surface area contributed by atoms with Gasteiger partial charge in [0.05, 0.1) is 28.9 Å². The van der Waals surface area contributed by atoms with Crippen LogP contribution in [0, 0.1) is 13.8 Å². The molecular weight excluding hydrogens is 390 g/mol. The van der Waals surface area contributed by atoms with Gasteiger partial charge in [0, 0.05) is 10.4 Å². The third-order valence-electron chi connectivity index (χ3n) is 4.25. The minimum absolute atomic E-state index is 0.523. The fourth-order valence-electron chi connectivity index (χ4n) is 2.86. The molecule has 0 atom stereocenters. The maximum atomic E-state index is 6.52. The minimum Gasteiger partial charge on any atom is -0.253 e. The lowest BCUT2D eigenvalue weighted by Crippen LogP contribution is -1.96. The number of hydrogen-bond acceptors (Lipinski definition) is 5. The molecule has 140 valence electrons. The summed E-state index contributed by atoms with van der Waals surface area (Å²) in [4.78, 5) is 5.78. The molecule has 5 nitrogen and oxygen atoms in total. The zero-order chi connectivity index (χ0) is 19.5. The first-order chi connectivity index (χ1) is 13.6. The summed E-state index contributed by atoms with van der Waals surface area (Å²) in [6, 6.07) is 19.9. The van der Waals surface area contributed by atoms with Crippen LogP contribution >= 0.6 is 22.9 Å². The molecule has 4 aromatic rings. The van der Waals surface area contributed by atoms with Crippen LogP contribution in [-0.4, -0.2) is 21.0 Å². The summed E-state index contributed by atoms with van der Waals surface area (Å²) < 4.78 is 1.71. The fourth-order valence-corrected chi connectivity index (χ4v) is 3.96. The molecule has 0 bridgehead atoms. The van der Waals surface area contributed by atoms with Crippen LogP contribution in [0.1, 0.15) is 16.1 Å². The van der Waals surface area contributed by atoms with E-state index < -0.39 is 0 Å². The van der Waals surface area contributed by atoms with Crippen LogP contribution in [0.4, 0.5) is 5.13 Å². The number of nitrogens with one attached hydrogen (secondary N) is 1. The summed E-state index contributed by atoms with van der Waals surface area (Å²) in [5, 5.41) is 10.1. The maximum Gasteiger partial charge on any atom is 0.204 e. The number of halogens is 1. The summed E-state index contributed by atoms with van der Waals surface area (Å²) in [5.41, 5.74) is 7.56. The third kappa shape index (κ3) is 3.69. The lowest BCUT2D eigenvalue weighted by Gasteiger charge is -2.01. The number of nitrogens with zero attached hydrogens (tertiary/aromatic N) is 4. The SMILES string of the molecule is Cc1nn(-c2ccccc2)c(Cl)c1/C=N/Nc1nc(-c2ccccc2)c(C)s1. The van der Waals surface area contributed by atoms with E-state index in [1.165, 1.54) is 0 Å². The summed E-state index contributed by atoms with van der Waals surface area (Å²) >= 11 is 8.09. The Labute approximate surface area is 172 Å². The molecule has 0 unspecified atom stereocenters. The predicted octanol–water partition coefficient (Wildman–Crippen LogP) is 5.71. The van der Waals surface area contributed by atoms with E-state index in [2.05, 4.69) is 39.7 Å². The molecule has 2 heterocycles. The van der Waals surface area contributed by atoms with E-state index in [9.17, 15) is 0 Å². The molecule has 0 spiro atoms. The molecule has 0 radical (unpaired) electrons. The number of aryl methyl sites for hydroxylation is 2. The average Bonchev–Trinajstić information content (AvgIpc) is 3.23. The zero-order valence-corrected chi connectivity index (χ0v) is 17.0. The molecule has 28 heavy (non-hydrogen) atoms. The van der Waals surface area contributed by atoms with E-state index in [4.69, 9.17) is 11.6 Å². The van der Waals surface area contributed by atoms with Crippen LogP contribution < -0.4 is 5.43 Å². The highest BCUT2D eigenvalue weighted by Crippen LogP contribution is 2.30. The van der Waals surface area contributed by atoms with E-state index in [1.54, 1.807) is 22.2 Å². The predicted molar refractivity (Wildman–Crippen MR) is 117 cm³/mol. The smallest absolute Gasteiger partial charge is 0.204 e. The van der Waals surface area contributed by atoms with Crippen LogP contribution in [0.25, 0.3) is 16.9 Å². The van der Waals surface area contributed by atoms with Gasteiger partial charge < -0.3 is 0 Å². The first-order valence-corrected chi connectivity index (χ1v) is 9.95. The maximum absolute atomic E-state index is 6.52. The molecule has 0 fully saturated rings. The Morgan fingerprint density at radius 3 is 2.43 bits per heavy atom. The Balaban J connectivity index is 1.54. The lowest BCUT2D eigenvalue weighted by atomic mass is 10.1. The molecule has 7 heteroatoms. The van der Waals surface area contributed by atoms with Crippen LogP contribution in [-0.2, 0) is 0 Å². The number of hydrogen-bond donors (Lipinski definition) is 1. The lowest BCUT2D eigenvalue weighted by molar-refractivity contribution is 0.863. The second kappa shape index (κ2) is 7.96. The van der Waals surface area contributed by atoms with Gasteiger partial charge in [-0.3, -0.25) is 5.43 Å². The highest BCUT2D eigenvalue weighted by Gasteiger charge is 2.13. The third-order valence-corrected chi connectivity index (χ3v) is 5.49. The number of aromatic nitrogens is 3. The molecule has 2 aromatic carbocycles. The topological polar surface area (TPSA) is 55.1 Å². The molecule has 0 saturated heterocycles. The highest BCUT2D eigenvalue weighted by molar-refractivity contribution is 7.15. The molecular formula is C21H18ClN5S. The molecule has 0 aliphatic heterocycles. The van der Waals surface area contributed by atoms with Crippen molar-refractivity contribution in [3.8, 4) is 16.9 Å². The standard InChI is InChI=1S/C21H18ClN5S/c1-14-18(20(22)27(26-14)17-11-7-4-8-12-17)13-23-25-21-24-19(15(2)28-21)16-9-5-3-6-10-16/h3-13H,1-2H3,(H,24,25)/b23-13+. The van der Waals surface area contributed by atoms with Gasteiger partial charge in [0.2, 0.25) is 5.13 Å². The van der Waals surface area contributed by atoms with Gasteiger partial charge in [-0.15, -0.1) is 11.3 Å². The average molecular weight is 408 g/mol. The second-order valence-corrected chi connectivity index (χ2v) is 7.76. The Morgan fingerprint density at radius 2 is 1.71 bits per heavy atom. The molecule has 1 N–H and O–H groups in total. The van der Waals surface area contributed by atoms with E-state index in [0.29, 0.717) is 5.15 Å². The molecule has 0 saturated carbocycles. The Kier molecular flexibility index (Phi) is 5.23. The number of para-hydroxylation sites is 1. The van der Waals surface area contributed by atoms with Gasteiger partial charge in [0.1, 0.15) is 5.15 Å². The molecule has 0 amide bonds. The van der Waals surface area contributed by atoms with Gasteiger partial charge in [-0.2, -0.15) is 10.2 Å². The summed E-state index contributed by atoms with van der Waals surface area (Å²) in [5.74, 6) is 0. The molecule has 0 aliphatic rings. The van der Waals surface area contributed by atoms with E-state index in [0.717, 1.165) is 38.2 Å². The van der Waals surface area contributed by atoms with Crippen LogP contribution in [0.5, 0.6) is 0 Å². The van der Waals surface area contributed by atoms with Crippen molar-refractivity contribution in [2.75, 3.05) is 5.43 Å². The Bertz CT molecular complexity index is 1120. The van der Waals surface area contributed by atoms with Crippen LogP contribution in [0.3, 0.4) is 0 Å². The van der Waals surface area contributed by atoms with Crippen molar-refractivity contribution >= 4 is 34.3 Å². The highest BCUT2D eigenvalue weighted by atomic mass is 35.5. The van der Waals surface area contributed by atoms with Gasteiger partial charge in [-0.1, -0.05) is 60.1 Å². The monoisotopic (exact) mass is 407 g/mol. The van der Waals surface area contributed by atoms with Crippen molar-refractivity contribution in [2.45, 2.75) is 13.8 Å². The van der Waals surface area contributed by atoms with Crippen molar-refractivity contribution in [1.82, 2.24) is 14.8 Å². The Hall–Kier alpha value is -2.96. The van der Waals surface area contributed by atoms with Gasteiger partial charge in [-0.05, 0) is 26.0 Å². The quantitative estimate of drug-likeness (QED) is 0.340. The Morgan fingerprint density at radius 1 is 1.04 bits per heavy atom. The fraction of sp³-hybridized carbons (Fsp3) is 0.0952. The largest absolute Gasteiger partial charge is 0.253 e. The van der Waals surface area contributed by atoms with Gasteiger partial charge in [-0.25, -0.2) is 9.67 Å². The van der Waals surface area contributed by atoms with Gasteiger partial charge in [0.25, 0.3) is 0 Å². The number of anilines is 1. The van der Waals surface area contributed by atoms with Crippen molar-refractivity contribution < 1.29 is 0 Å². The number of rotatable bonds is 5. The number of benzene rings is 2. The van der Waals surface area contributed by atoms with E-state index >= 15 is 0 Å². The normalized spacial score (nSPS) is 11.2. The van der Waals surface area contributed by atoms with Crippen molar-refractivity contribution in [1.29, 1.82) is 0 Å². The van der Waals surface area contributed by atoms with E-state index in [-0.39, 0.29) is 0 Å². The van der Waals surface area contributed by atoms with Gasteiger partial charge in [0.15, 0.2) is 0 Å². The summed E-state index contributed by atoms with van der Waals surface area (Å²) in [6.45, 7) is 3.97. The van der Waals surface area contributed by atoms with Crippen molar-refractivity contribution in [2.24, 2.45) is 5.10 Å². The van der Waals surface area contributed by atoms with E-state index in [1.807, 2.05) is 55.5 Å². The summed E-state index contributed by atoms with van der Waals surface area (Å²) in [6.07, 6.45) is 1.68. The molecule has 4 rings (SSSR count). The minimum atomic E-state index is 0.523. The molecule has 0 aliphatic carbocycles. The number of thiazole rings is 1. The number of hydrazone groups is 1. The first kappa shape index (κ1) is 18.4. The first-order valence-electron chi connectivity index (χ1n) is 8.76.